The van der Waals surface area contributed by atoms with Crippen molar-refractivity contribution in [2.45, 2.75) is 84.2 Å². The van der Waals surface area contributed by atoms with Gasteiger partial charge in [0.15, 0.2) is 0 Å². The van der Waals surface area contributed by atoms with Crippen LogP contribution in [0, 0.1) is 0 Å². The van der Waals surface area contributed by atoms with Crippen molar-refractivity contribution in [2.75, 3.05) is 0 Å². The Balaban J connectivity index is 3.13. The molecule has 0 aromatic rings. The maximum atomic E-state index is 13.4. The average molecular weight is 202 g/mol. The molecule has 0 radical (unpaired) electrons. The first-order valence-electron chi connectivity index (χ1n) is 6.31. The monoisotopic (exact) mass is 202 g/mol. The molecule has 0 rings (SSSR count). The summed E-state index contributed by atoms with van der Waals surface area (Å²) in [7, 11) is 0. The maximum Gasteiger partial charge on any atom is 0.108 e. The molecule has 0 saturated carbocycles. The molecule has 0 aliphatic rings. The Morgan fingerprint density at radius 1 is 0.857 bits per heavy atom. The summed E-state index contributed by atoms with van der Waals surface area (Å²) in [4.78, 5) is 0. The van der Waals surface area contributed by atoms with Crippen molar-refractivity contribution in [1.29, 1.82) is 0 Å². The van der Waals surface area contributed by atoms with Crippen LogP contribution in [0.25, 0.3) is 0 Å². The summed E-state index contributed by atoms with van der Waals surface area (Å²) in [6.07, 6.45) is 10.3. The van der Waals surface area contributed by atoms with Crippen LogP contribution in [0.2, 0.25) is 0 Å². The van der Waals surface area contributed by atoms with E-state index >= 15 is 0 Å². The number of hydrogen-bond donors (Lipinski definition) is 0. The van der Waals surface area contributed by atoms with Gasteiger partial charge in [-0.3, -0.25) is 0 Å². The molecule has 0 N–H and O–H groups in total. The van der Waals surface area contributed by atoms with E-state index in [1.54, 1.807) is 6.92 Å². The highest BCUT2D eigenvalue weighted by Crippen LogP contribution is 2.23. The van der Waals surface area contributed by atoms with Crippen molar-refractivity contribution in [2.24, 2.45) is 0 Å². The molecule has 14 heavy (non-hydrogen) atoms. The van der Waals surface area contributed by atoms with E-state index in [2.05, 4.69) is 6.92 Å². The molecule has 0 aliphatic heterocycles. The Labute approximate surface area is 89.3 Å². The van der Waals surface area contributed by atoms with E-state index in [4.69, 9.17) is 0 Å². The molecule has 0 fully saturated rings. The number of halogens is 1. The third-order valence-electron chi connectivity index (χ3n) is 3.04. The third kappa shape index (κ3) is 8.52. The highest BCUT2D eigenvalue weighted by molar-refractivity contribution is 4.70. The Hall–Kier alpha value is -0.0700. The van der Waals surface area contributed by atoms with Crippen LogP contribution in [0.5, 0.6) is 0 Å². The molecule has 0 amide bonds. The maximum absolute atomic E-state index is 13.4. The van der Waals surface area contributed by atoms with Gasteiger partial charge in [-0.25, -0.2) is 4.39 Å². The Morgan fingerprint density at radius 2 is 1.36 bits per heavy atom. The zero-order chi connectivity index (χ0) is 10.9. The molecule has 1 unspecified atom stereocenters. The largest absolute Gasteiger partial charge is 0.244 e. The van der Waals surface area contributed by atoms with Crippen LogP contribution in [0.3, 0.4) is 0 Å². The normalized spacial score (nSPS) is 15.4. The van der Waals surface area contributed by atoms with Gasteiger partial charge in [0.25, 0.3) is 0 Å². The van der Waals surface area contributed by atoms with E-state index in [1.807, 2.05) is 6.92 Å². The minimum absolute atomic E-state index is 0.656. The van der Waals surface area contributed by atoms with Crippen LogP contribution >= 0.6 is 0 Å². The second kappa shape index (κ2) is 8.26. The molecule has 0 bridgehead atoms. The zero-order valence-electron chi connectivity index (χ0n) is 10.2. The van der Waals surface area contributed by atoms with E-state index in [0.29, 0.717) is 6.42 Å². The smallest absolute Gasteiger partial charge is 0.108 e. The first-order chi connectivity index (χ1) is 6.62. The summed E-state index contributed by atoms with van der Waals surface area (Å²) in [6, 6.07) is 0. The number of unbranched alkanes of at least 4 members (excludes halogenated alkanes) is 6. The molecule has 0 aromatic carbocycles. The van der Waals surface area contributed by atoms with E-state index < -0.39 is 5.67 Å². The van der Waals surface area contributed by atoms with Gasteiger partial charge in [-0.05, 0) is 19.8 Å². The fourth-order valence-corrected chi connectivity index (χ4v) is 1.63. The van der Waals surface area contributed by atoms with Crippen molar-refractivity contribution < 1.29 is 4.39 Å². The van der Waals surface area contributed by atoms with E-state index in [0.717, 1.165) is 12.8 Å². The minimum atomic E-state index is -0.913. The molecule has 0 aromatic heterocycles. The summed E-state index contributed by atoms with van der Waals surface area (Å²) in [5.74, 6) is 0. The molecule has 1 atom stereocenters. The second-order valence-electron chi connectivity index (χ2n) is 4.64. The molecule has 0 spiro atoms. The highest BCUT2D eigenvalue weighted by Gasteiger charge is 2.18. The van der Waals surface area contributed by atoms with Gasteiger partial charge in [0, 0.05) is 0 Å². The van der Waals surface area contributed by atoms with Crippen LogP contribution in [0.1, 0.15) is 78.6 Å². The summed E-state index contributed by atoms with van der Waals surface area (Å²) in [6.45, 7) is 5.89. The highest BCUT2D eigenvalue weighted by atomic mass is 19.1. The second-order valence-corrected chi connectivity index (χ2v) is 4.64. The van der Waals surface area contributed by atoms with Gasteiger partial charge in [-0.1, -0.05) is 58.8 Å². The first kappa shape index (κ1) is 13.9. The van der Waals surface area contributed by atoms with E-state index in [9.17, 15) is 4.39 Å². The van der Waals surface area contributed by atoms with Gasteiger partial charge < -0.3 is 0 Å². The van der Waals surface area contributed by atoms with Crippen LogP contribution in [-0.2, 0) is 0 Å². The quantitative estimate of drug-likeness (QED) is 0.447. The van der Waals surface area contributed by atoms with Gasteiger partial charge in [0.1, 0.15) is 5.67 Å². The Bertz CT molecular complexity index is 118. The van der Waals surface area contributed by atoms with E-state index in [1.165, 1.54) is 38.5 Å². The summed E-state index contributed by atoms with van der Waals surface area (Å²) < 4.78 is 13.4. The molecule has 86 valence electrons. The summed E-state index contributed by atoms with van der Waals surface area (Å²) in [5, 5.41) is 0. The molecule has 0 aliphatic carbocycles. The van der Waals surface area contributed by atoms with Crippen molar-refractivity contribution >= 4 is 0 Å². The molecule has 0 nitrogen and oxygen atoms in total. The lowest BCUT2D eigenvalue weighted by atomic mass is 9.97. The lowest BCUT2D eigenvalue weighted by molar-refractivity contribution is 0.163. The molecule has 1 heteroatoms. The lowest BCUT2D eigenvalue weighted by Crippen LogP contribution is -2.15. The van der Waals surface area contributed by atoms with Gasteiger partial charge in [-0.2, -0.15) is 0 Å². The molecular formula is C13H27F. The van der Waals surface area contributed by atoms with Crippen LogP contribution in [0.4, 0.5) is 4.39 Å². The predicted octanol–water partition coefficient (Wildman–Crippen LogP) is 5.27. The van der Waals surface area contributed by atoms with Gasteiger partial charge in [0.2, 0.25) is 0 Å². The van der Waals surface area contributed by atoms with Crippen LogP contribution in [0.15, 0.2) is 0 Å². The number of rotatable bonds is 9. The van der Waals surface area contributed by atoms with Gasteiger partial charge >= 0.3 is 0 Å². The van der Waals surface area contributed by atoms with Crippen molar-refractivity contribution in [3.8, 4) is 0 Å². The van der Waals surface area contributed by atoms with Gasteiger partial charge in [0.05, 0.1) is 0 Å². The first-order valence-corrected chi connectivity index (χ1v) is 6.31. The third-order valence-corrected chi connectivity index (χ3v) is 3.04. The van der Waals surface area contributed by atoms with E-state index in [-0.39, 0.29) is 0 Å². The Kier molecular flexibility index (Phi) is 8.21. The fraction of sp³-hybridized carbons (Fsp3) is 1.00. The predicted molar refractivity (Wildman–Crippen MR) is 62.4 cm³/mol. The number of hydrogen-bond acceptors (Lipinski definition) is 0. The molecule has 0 heterocycles. The minimum Gasteiger partial charge on any atom is -0.244 e. The standard InChI is InChI=1S/C13H27F/c1-4-6-7-8-9-10-11-12-13(3,14)5-2/h4-12H2,1-3H3. The van der Waals surface area contributed by atoms with Crippen LogP contribution in [-0.4, -0.2) is 5.67 Å². The molecule has 0 saturated heterocycles. The molecular weight excluding hydrogens is 175 g/mol. The average Bonchev–Trinajstić information content (AvgIpc) is 2.16. The summed E-state index contributed by atoms with van der Waals surface area (Å²) in [5.41, 5.74) is -0.913. The van der Waals surface area contributed by atoms with Crippen molar-refractivity contribution in [3.63, 3.8) is 0 Å². The van der Waals surface area contributed by atoms with Crippen molar-refractivity contribution in [3.05, 3.63) is 0 Å². The van der Waals surface area contributed by atoms with Gasteiger partial charge in [-0.15, -0.1) is 0 Å². The topological polar surface area (TPSA) is 0 Å². The number of alkyl halides is 1. The lowest BCUT2D eigenvalue weighted by Gasteiger charge is -2.17. The van der Waals surface area contributed by atoms with Crippen LogP contribution < -0.4 is 0 Å². The zero-order valence-corrected chi connectivity index (χ0v) is 10.2. The Morgan fingerprint density at radius 3 is 1.86 bits per heavy atom. The van der Waals surface area contributed by atoms with Crippen molar-refractivity contribution in [1.82, 2.24) is 0 Å². The fourth-order valence-electron chi connectivity index (χ4n) is 1.63. The summed E-state index contributed by atoms with van der Waals surface area (Å²) >= 11 is 0. The SMILES string of the molecule is CCCCCCCCCC(C)(F)CC.